The number of carbonyl (C=O) groups excluding carboxylic acids is 1. The molecule has 1 atom stereocenters. The lowest BCUT2D eigenvalue weighted by atomic mass is 9.92. The predicted molar refractivity (Wildman–Crippen MR) is 118 cm³/mol. The molecule has 0 saturated carbocycles. The molecule has 1 aliphatic carbocycles. The van der Waals surface area contributed by atoms with Crippen molar-refractivity contribution in [2.24, 2.45) is 0 Å². The number of fused-ring (bicyclic) bond motifs is 1. The van der Waals surface area contributed by atoms with E-state index in [4.69, 9.17) is 4.74 Å². The van der Waals surface area contributed by atoms with Gasteiger partial charge in [0.25, 0.3) is 5.91 Å². The number of carbonyl (C=O) groups is 1. The molecule has 0 bridgehead atoms. The molecule has 0 radical (unpaired) electrons. The average molecular weight is 447 g/mol. The third-order valence-electron chi connectivity index (χ3n) is 6.37. The van der Waals surface area contributed by atoms with E-state index in [1.807, 2.05) is 17.9 Å². The third-order valence-corrected chi connectivity index (χ3v) is 6.37. The van der Waals surface area contributed by atoms with Crippen LogP contribution in [0, 0.1) is 0 Å². The number of aryl methyl sites for hydroxylation is 2. The van der Waals surface area contributed by atoms with Gasteiger partial charge >= 0.3 is 6.18 Å². The molecule has 0 N–H and O–H groups in total. The van der Waals surface area contributed by atoms with Crippen LogP contribution in [0.25, 0.3) is 0 Å². The number of nitrogens with zero attached hydrogens (tertiary/aromatic N) is 2. The zero-order valence-corrected chi connectivity index (χ0v) is 18.3. The first-order chi connectivity index (χ1) is 15.3. The largest absolute Gasteiger partial charge is 0.481 e. The first-order valence-electron chi connectivity index (χ1n) is 11.3. The number of amides is 1. The fraction of sp³-hybridized carbons (Fsp3) is 0.480. The maximum Gasteiger partial charge on any atom is 0.416 e. The van der Waals surface area contributed by atoms with Crippen LogP contribution >= 0.6 is 0 Å². The number of hydrogen-bond acceptors (Lipinski definition) is 3. The minimum atomic E-state index is -4.36. The Morgan fingerprint density at radius 3 is 2.41 bits per heavy atom. The summed E-state index contributed by atoms with van der Waals surface area (Å²) in [7, 11) is 0. The summed E-state index contributed by atoms with van der Waals surface area (Å²) >= 11 is 0. The van der Waals surface area contributed by atoms with Gasteiger partial charge in [0.1, 0.15) is 5.75 Å². The number of ether oxygens (including phenoxy) is 1. The maximum atomic E-state index is 13.1. The number of piperazine rings is 1. The smallest absolute Gasteiger partial charge is 0.416 e. The molecule has 0 unspecified atom stereocenters. The van der Waals surface area contributed by atoms with Crippen LogP contribution in [0.15, 0.2) is 42.5 Å². The summed E-state index contributed by atoms with van der Waals surface area (Å²) in [6, 6.07) is 11.5. The van der Waals surface area contributed by atoms with Gasteiger partial charge in [-0.05, 0) is 73.6 Å². The minimum absolute atomic E-state index is 0.0612. The number of rotatable bonds is 5. The van der Waals surface area contributed by atoms with Crippen molar-refractivity contribution in [2.45, 2.75) is 51.3 Å². The molecule has 1 heterocycles. The Kier molecular flexibility index (Phi) is 6.63. The third kappa shape index (κ3) is 5.03. The SMILES string of the molecule is CC[C@H](Oc1ccc2c(c1)CCCC2)C(=O)N1CCN(c2cccc(C(F)(F)F)c2)CC1. The van der Waals surface area contributed by atoms with Gasteiger partial charge in [0.05, 0.1) is 5.56 Å². The molecule has 2 aromatic rings. The molecule has 4 nitrogen and oxygen atoms in total. The van der Waals surface area contributed by atoms with Crippen molar-refractivity contribution in [1.29, 1.82) is 0 Å². The first kappa shape index (κ1) is 22.5. The van der Waals surface area contributed by atoms with Gasteiger partial charge in [-0.1, -0.05) is 19.1 Å². The van der Waals surface area contributed by atoms with E-state index < -0.39 is 17.8 Å². The summed E-state index contributed by atoms with van der Waals surface area (Å²) in [4.78, 5) is 16.7. The van der Waals surface area contributed by atoms with Gasteiger partial charge in [-0.2, -0.15) is 13.2 Å². The Morgan fingerprint density at radius 2 is 1.72 bits per heavy atom. The lowest BCUT2D eigenvalue weighted by Gasteiger charge is -2.37. The van der Waals surface area contributed by atoms with E-state index in [-0.39, 0.29) is 5.91 Å². The zero-order valence-electron chi connectivity index (χ0n) is 18.3. The molecule has 1 fully saturated rings. The van der Waals surface area contributed by atoms with Crippen molar-refractivity contribution < 1.29 is 22.7 Å². The van der Waals surface area contributed by atoms with Crippen LogP contribution in [0.2, 0.25) is 0 Å². The van der Waals surface area contributed by atoms with Crippen molar-refractivity contribution in [3.63, 3.8) is 0 Å². The average Bonchev–Trinajstić information content (AvgIpc) is 2.81. The monoisotopic (exact) mass is 446 g/mol. The Balaban J connectivity index is 1.37. The second-order valence-corrected chi connectivity index (χ2v) is 8.51. The normalized spacial score (nSPS) is 17.6. The van der Waals surface area contributed by atoms with E-state index in [1.165, 1.54) is 36.1 Å². The molecular weight excluding hydrogens is 417 g/mol. The quantitative estimate of drug-likeness (QED) is 0.641. The lowest BCUT2D eigenvalue weighted by molar-refractivity contribution is -0.139. The first-order valence-corrected chi connectivity index (χ1v) is 11.3. The highest BCUT2D eigenvalue weighted by atomic mass is 19.4. The topological polar surface area (TPSA) is 32.8 Å². The highest BCUT2D eigenvalue weighted by molar-refractivity contribution is 5.81. The molecule has 0 spiro atoms. The minimum Gasteiger partial charge on any atom is -0.481 e. The van der Waals surface area contributed by atoms with Crippen molar-refractivity contribution in [3.8, 4) is 5.75 Å². The number of benzene rings is 2. The molecule has 1 saturated heterocycles. The molecule has 2 aliphatic rings. The Hall–Kier alpha value is -2.70. The molecule has 1 amide bonds. The molecule has 172 valence electrons. The molecular formula is C25H29F3N2O2. The zero-order chi connectivity index (χ0) is 22.7. The van der Waals surface area contributed by atoms with E-state index >= 15 is 0 Å². The Labute approximate surface area is 187 Å². The number of halogens is 3. The van der Waals surface area contributed by atoms with Gasteiger partial charge in [0.15, 0.2) is 6.10 Å². The molecule has 1 aliphatic heterocycles. The van der Waals surface area contributed by atoms with Crippen molar-refractivity contribution in [1.82, 2.24) is 4.90 Å². The summed E-state index contributed by atoms with van der Waals surface area (Å²) in [5.74, 6) is 0.669. The molecule has 32 heavy (non-hydrogen) atoms. The van der Waals surface area contributed by atoms with Gasteiger partial charge in [0, 0.05) is 31.9 Å². The van der Waals surface area contributed by atoms with Crippen LogP contribution in [0.5, 0.6) is 5.75 Å². The Bertz CT molecular complexity index is 952. The van der Waals surface area contributed by atoms with E-state index in [1.54, 1.807) is 11.0 Å². The van der Waals surface area contributed by atoms with Crippen LogP contribution < -0.4 is 9.64 Å². The summed E-state index contributed by atoms with van der Waals surface area (Å²) in [6.07, 6.45) is 0.187. The second-order valence-electron chi connectivity index (χ2n) is 8.51. The van der Waals surface area contributed by atoms with Gasteiger partial charge in [-0.3, -0.25) is 4.79 Å². The summed E-state index contributed by atoms with van der Waals surface area (Å²) in [5, 5.41) is 0. The summed E-state index contributed by atoms with van der Waals surface area (Å²) < 4.78 is 45.1. The summed E-state index contributed by atoms with van der Waals surface area (Å²) in [6.45, 7) is 3.82. The van der Waals surface area contributed by atoms with Gasteiger partial charge < -0.3 is 14.5 Å². The van der Waals surface area contributed by atoms with E-state index in [0.717, 1.165) is 24.7 Å². The van der Waals surface area contributed by atoms with Crippen LogP contribution in [0.4, 0.5) is 18.9 Å². The van der Waals surface area contributed by atoms with Gasteiger partial charge in [0.2, 0.25) is 0 Å². The van der Waals surface area contributed by atoms with Crippen LogP contribution in [0.1, 0.15) is 42.9 Å². The van der Waals surface area contributed by atoms with Crippen LogP contribution in [-0.2, 0) is 23.8 Å². The maximum absolute atomic E-state index is 13.1. The molecule has 0 aromatic heterocycles. The van der Waals surface area contributed by atoms with Crippen molar-refractivity contribution >= 4 is 11.6 Å². The highest BCUT2D eigenvalue weighted by Gasteiger charge is 2.32. The molecule has 4 rings (SSSR count). The second kappa shape index (κ2) is 9.43. The fourth-order valence-corrected chi connectivity index (χ4v) is 4.52. The number of alkyl halides is 3. The summed E-state index contributed by atoms with van der Waals surface area (Å²) in [5.41, 5.74) is 2.56. The molecule has 2 aromatic carbocycles. The van der Waals surface area contributed by atoms with E-state index in [2.05, 4.69) is 12.1 Å². The van der Waals surface area contributed by atoms with Gasteiger partial charge in [-0.25, -0.2) is 0 Å². The Morgan fingerprint density at radius 1 is 1.00 bits per heavy atom. The fourth-order valence-electron chi connectivity index (χ4n) is 4.52. The highest BCUT2D eigenvalue weighted by Crippen LogP contribution is 2.32. The van der Waals surface area contributed by atoms with Crippen molar-refractivity contribution in [2.75, 3.05) is 31.1 Å². The van der Waals surface area contributed by atoms with Gasteiger partial charge in [-0.15, -0.1) is 0 Å². The predicted octanol–water partition coefficient (Wildman–Crippen LogP) is 5.09. The standard InChI is InChI=1S/C25H29F3N2O2/c1-2-23(32-22-11-10-18-6-3-4-7-19(18)16-22)24(31)30-14-12-29(13-15-30)21-9-5-8-20(17-21)25(26,27)28/h5,8-11,16-17,23H,2-4,6-7,12-15H2,1H3/t23-/m0/s1. The number of hydrogen-bond donors (Lipinski definition) is 0. The van der Waals surface area contributed by atoms with E-state index in [0.29, 0.717) is 38.3 Å². The van der Waals surface area contributed by atoms with E-state index in [9.17, 15) is 18.0 Å². The van der Waals surface area contributed by atoms with Crippen LogP contribution in [0.3, 0.4) is 0 Å². The lowest BCUT2D eigenvalue weighted by Crippen LogP contribution is -2.52. The van der Waals surface area contributed by atoms with Crippen LogP contribution in [-0.4, -0.2) is 43.1 Å². The van der Waals surface area contributed by atoms with Crippen molar-refractivity contribution in [3.05, 3.63) is 59.2 Å². The molecule has 7 heteroatoms. The number of anilines is 1.